The summed E-state index contributed by atoms with van der Waals surface area (Å²) in [6.45, 7) is 5.66. The first kappa shape index (κ1) is 13.3. The maximum atomic E-state index is 4.60. The van der Waals surface area contributed by atoms with Gasteiger partial charge in [0.2, 0.25) is 0 Å². The fourth-order valence-corrected chi connectivity index (χ4v) is 2.78. The molecule has 1 atom stereocenters. The number of anilines is 1. The summed E-state index contributed by atoms with van der Waals surface area (Å²) in [5.41, 5.74) is 1.89. The molecule has 0 radical (unpaired) electrons. The van der Waals surface area contributed by atoms with E-state index in [0.29, 0.717) is 6.04 Å². The van der Waals surface area contributed by atoms with Gasteiger partial charge in [0.15, 0.2) is 0 Å². The van der Waals surface area contributed by atoms with Gasteiger partial charge in [0.05, 0.1) is 17.2 Å². The minimum Gasteiger partial charge on any atom is -0.367 e. The fraction of sp³-hybridized carbons (Fsp3) is 0.500. The standard InChI is InChI=1S/C16H22N4/c1-13(20-9-5-2-6-10-20)11-18-16-12-17-14-7-3-4-8-15(14)19-16/h3-4,7-8,12-13H,2,5-6,9-11H2,1H3,(H,18,19). The number of likely N-dealkylation sites (tertiary alicyclic amines) is 1. The lowest BCUT2D eigenvalue weighted by Gasteiger charge is -2.32. The van der Waals surface area contributed by atoms with Gasteiger partial charge in [0.25, 0.3) is 0 Å². The van der Waals surface area contributed by atoms with Crippen LogP contribution in [0.4, 0.5) is 5.82 Å². The van der Waals surface area contributed by atoms with Gasteiger partial charge in [-0.3, -0.25) is 9.88 Å². The van der Waals surface area contributed by atoms with Crippen LogP contribution in [0.25, 0.3) is 11.0 Å². The molecule has 2 aromatic rings. The number of hydrogen-bond acceptors (Lipinski definition) is 4. The zero-order valence-electron chi connectivity index (χ0n) is 12.0. The lowest BCUT2D eigenvalue weighted by Crippen LogP contribution is -2.41. The van der Waals surface area contributed by atoms with Crippen LogP contribution in [0.1, 0.15) is 26.2 Å². The second-order valence-electron chi connectivity index (χ2n) is 5.57. The average Bonchev–Trinajstić information content (AvgIpc) is 2.53. The SMILES string of the molecule is CC(CNc1cnc2ccccc2n1)N1CCCCC1. The van der Waals surface area contributed by atoms with Gasteiger partial charge in [0, 0.05) is 12.6 Å². The first-order chi connectivity index (χ1) is 9.83. The molecule has 1 aromatic carbocycles. The van der Waals surface area contributed by atoms with E-state index in [4.69, 9.17) is 0 Å². The Balaban J connectivity index is 1.61. The summed E-state index contributed by atoms with van der Waals surface area (Å²) in [5.74, 6) is 0.868. The average molecular weight is 270 g/mol. The van der Waals surface area contributed by atoms with Crippen LogP contribution in [0.15, 0.2) is 30.5 Å². The summed E-state index contributed by atoms with van der Waals surface area (Å²) in [6.07, 6.45) is 5.87. The van der Waals surface area contributed by atoms with E-state index in [2.05, 4.69) is 27.1 Å². The van der Waals surface area contributed by atoms with Crippen molar-refractivity contribution in [3.8, 4) is 0 Å². The first-order valence-corrected chi connectivity index (χ1v) is 7.52. The minimum absolute atomic E-state index is 0.545. The Morgan fingerprint density at radius 3 is 2.70 bits per heavy atom. The lowest BCUT2D eigenvalue weighted by atomic mass is 10.1. The largest absolute Gasteiger partial charge is 0.367 e. The summed E-state index contributed by atoms with van der Waals surface area (Å²) in [4.78, 5) is 11.6. The van der Waals surface area contributed by atoms with Crippen molar-refractivity contribution in [3.63, 3.8) is 0 Å². The van der Waals surface area contributed by atoms with E-state index >= 15 is 0 Å². The van der Waals surface area contributed by atoms with Crippen molar-refractivity contribution in [3.05, 3.63) is 30.5 Å². The van der Waals surface area contributed by atoms with Crippen molar-refractivity contribution in [2.45, 2.75) is 32.2 Å². The minimum atomic E-state index is 0.545. The number of piperidine rings is 1. The number of para-hydroxylation sites is 2. The van der Waals surface area contributed by atoms with Gasteiger partial charge in [-0.05, 0) is 45.0 Å². The molecule has 1 N–H and O–H groups in total. The predicted molar refractivity (Wildman–Crippen MR) is 82.9 cm³/mol. The highest BCUT2D eigenvalue weighted by Crippen LogP contribution is 2.14. The fourth-order valence-electron chi connectivity index (χ4n) is 2.78. The topological polar surface area (TPSA) is 41.1 Å². The number of nitrogens with one attached hydrogen (secondary N) is 1. The normalized spacial score (nSPS) is 18.1. The smallest absolute Gasteiger partial charge is 0.145 e. The van der Waals surface area contributed by atoms with Gasteiger partial charge < -0.3 is 5.32 Å². The number of rotatable bonds is 4. The van der Waals surface area contributed by atoms with Crippen LogP contribution in [0, 0.1) is 0 Å². The molecule has 0 saturated carbocycles. The molecular weight excluding hydrogens is 248 g/mol. The van der Waals surface area contributed by atoms with Crippen LogP contribution < -0.4 is 5.32 Å². The molecule has 4 nitrogen and oxygen atoms in total. The Morgan fingerprint density at radius 2 is 1.90 bits per heavy atom. The van der Waals surface area contributed by atoms with Gasteiger partial charge in [-0.15, -0.1) is 0 Å². The van der Waals surface area contributed by atoms with Crippen LogP contribution >= 0.6 is 0 Å². The molecule has 0 aliphatic carbocycles. The van der Waals surface area contributed by atoms with Gasteiger partial charge >= 0.3 is 0 Å². The van der Waals surface area contributed by atoms with E-state index in [1.165, 1.54) is 32.4 Å². The van der Waals surface area contributed by atoms with E-state index in [1.807, 2.05) is 30.5 Å². The Morgan fingerprint density at radius 1 is 1.15 bits per heavy atom. The Labute approximate surface area is 120 Å². The third-order valence-corrected chi connectivity index (χ3v) is 4.04. The monoisotopic (exact) mass is 270 g/mol. The molecule has 1 saturated heterocycles. The lowest BCUT2D eigenvalue weighted by molar-refractivity contribution is 0.180. The van der Waals surface area contributed by atoms with Gasteiger partial charge in [-0.2, -0.15) is 0 Å². The third-order valence-electron chi connectivity index (χ3n) is 4.04. The van der Waals surface area contributed by atoms with Crippen LogP contribution in [-0.2, 0) is 0 Å². The van der Waals surface area contributed by atoms with Crippen molar-refractivity contribution in [2.24, 2.45) is 0 Å². The highest BCUT2D eigenvalue weighted by molar-refractivity contribution is 5.75. The second kappa shape index (κ2) is 6.18. The summed E-state index contributed by atoms with van der Waals surface area (Å²) in [5, 5.41) is 3.42. The summed E-state index contributed by atoms with van der Waals surface area (Å²) in [6, 6.07) is 8.52. The van der Waals surface area contributed by atoms with E-state index in [1.54, 1.807) is 0 Å². The van der Waals surface area contributed by atoms with Crippen molar-refractivity contribution in [1.29, 1.82) is 0 Å². The number of nitrogens with zero attached hydrogens (tertiary/aromatic N) is 3. The van der Waals surface area contributed by atoms with Crippen molar-refractivity contribution in [1.82, 2.24) is 14.9 Å². The number of fused-ring (bicyclic) bond motifs is 1. The van der Waals surface area contributed by atoms with Crippen LogP contribution in [-0.4, -0.2) is 40.5 Å². The van der Waals surface area contributed by atoms with Gasteiger partial charge in [0.1, 0.15) is 5.82 Å². The highest BCUT2D eigenvalue weighted by atomic mass is 15.2. The quantitative estimate of drug-likeness (QED) is 0.927. The molecule has 3 rings (SSSR count). The highest BCUT2D eigenvalue weighted by Gasteiger charge is 2.16. The van der Waals surface area contributed by atoms with E-state index in [0.717, 1.165) is 23.4 Å². The molecule has 1 aliphatic rings. The van der Waals surface area contributed by atoms with Gasteiger partial charge in [-0.1, -0.05) is 18.6 Å². The molecule has 1 aromatic heterocycles. The predicted octanol–water partition coefficient (Wildman–Crippen LogP) is 2.92. The molecule has 1 aliphatic heterocycles. The van der Waals surface area contributed by atoms with E-state index in [-0.39, 0.29) is 0 Å². The molecular formula is C16H22N4. The summed E-state index contributed by atoms with van der Waals surface area (Å²) < 4.78 is 0. The third kappa shape index (κ3) is 3.07. The van der Waals surface area contributed by atoms with Crippen LogP contribution in [0.5, 0.6) is 0 Å². The zero-order chi connectivity index (χ0) is 13.8. The number of aromatic nitrogens is 2. The zero-order valence-corrected chi connectivity index (χ0v) is 12.0. The molecule has 106 valence electrons. The van der Waals surface area contributed by atoms with E-state index in [9.17, 15) is 0 Å². The van der Waals surface area contributed by atoms with E-state index < -0.39 is 0 Å². The molecule has 0 spiro atoms. The summed E-state index contributed by atoms with van der Waals surface area (Å²) >= 11 is 0. The number of hydrogen-bond donors (Lipinski definition) is 1. The van der Waals surface area contributed by atoms with Crippen LogP contribution in [0.2, 0.25) is 0 Å². The molecule has 4 heteroatoms. The first-order valence-electron chi connectivity index (χ1n) is 7.52. The van der Waals surface area contributed by atoms with Gasteiger partial charge in [-0.25, -0.2) is 4.98 Å². The molecule has 1 unspecified atom stereocenters. The van der Waals surface area contributed by atoms with Crippen LogP contribution in [0.3, 0.4) is 0 Å². The molecule has 2 heterocycles. The Hall–Kier alpha value is -1.68. The molecule has 20 heavy (non-hydrogen) atoms. The maximum Gasteiger partial charge on any atom is 0.145 e. The Kier molecular flexibility index (Phi) is 4.11. The molecule has 0 amide bonds. The molecule has 1 fully saturated rings. The maximum absolute atomic E-state index is 4.60. The summed E-state index contributed by atoms with van der Waals surface area (Å²) in [7, 11) is 0. The Bertz CT molecular complexity index is 563. The molecule has 0 bridgehead atoms. The van der Waals surface area contributed by atoms with Crippen molar-refractivity contribution < 1.29 is 0 Å². The van der Waals surface area contributed by atoms with Crippen molar-refractivity contribution in [2.75, 3.05) is 25.0 Å². The van der Waals surface area contributed by atoms with Crippen molar-refractivity contribution >= 4 is 16.9 Å². The number of benzene rings is 1. The second-order valence-corrected chi connectivity index (χ2v) is 5.57.